The summed E-state index contributed by atoms with van der Waals surface area (Å²) >= 11 is 0. The Bertz CT molecular complexity index is 528. The van der Waals surface area contributed by atoms with E-state index in [2.05, 4.69) is 31.4 Å². The number of allylic oxidation sites excluding steroid dienone is 1. The molecule has 0 aromatic heterocycles. The number of benzene rings is 1. The lowest BCUT2D eigenvalue weighted by Crippen LogP contribution is -2.15. The minimum atomic E-state index is -1.25. The van der Waals surface area contributed by atoms with Crippen molar-refractivity contribution in [2.75, 3.05) is 14.2 Å². The van der Waals surface area contributed by atoms with E-state index in [0.29, 0.717) is 0 Å². The number of ether oxygens (including phenoxy) is 2. The molecule has 0 bridgehead atoms. The van der Waals surface area contributed by atoms with Crippen LogP contribution in [0.2, 0.25) is 19.6 Å². The average Bonchev–Trinajstić information content (AvgIpc) is 3.18. The van der Waals surface area contributed by atoms with Crippen LogP contribution in [-0.4, -0.2) is 28.3 Å². The van der Waals surface area contributed by atoms with Gasteiger partial charge in [0.1, 0.15) is 5.75 Å². The molecule has 4 heteroatoms. The molecule has 0 heterocycles. The smallest absolute Gasteiger partial charge is 0.309 e. The quantitative estimate of drug-likeness (QED) is 0.615. The first-order valence-electron chi connectivity index (χ1n) is 7.28. The van der Waals surface area contributed by atoms with Crippen LogP contribution in [0.25, 0.3) is 0 Å². The van der Waals surface area contributed by atoms with Gasteiger partial charge in [0.15, 0.2) is 0 Å². The van der Waals surface area contributed by atoms with Crippen molar-refractivity contribution in [3.8, 4) is 5.75 Å². The molecule has 0 N–H and O–H groups in total. The minimum absolute atomic E-state index is 0.0454. The zero-order valence-electron chi connectivity index (χ0n) is 13.4. The van der Waals surface area contributed by atoms with Crippen molar-refractivity contribution in [1.82, 2.24) is 0 Å². The second-order valence-corrected chi connectivity index (χ2v) is 11.7. The highest BCUT2D eigenvalue weighted by atomic mass is 28.3. The normalized spacial score (nSPS) is 24.9. The van der Waals surface area contributed by atoms with E-state index in [1.807, 2.05) is 24.3 Å². The maximum absolute atomic E-state index is 11.9. The third kappa shape index (κ3) is 3.76. The fraction of sp³-hybridized carbons (Fsp3) is 0.471. The summed E-state index contributed by atoms with van der Waals surface area (Å²) in [7, 11) is 1.87. The highest BCUT2D eigenvalue weighted by Crippen LogP contribution is 2.55. The van der Waals surface area contributed by atoms with Gasteiger partial charge in [-0.3, -0.25) is 4.79 Å². The van der Waals surface area contributed by atoms with Crippen molar-refractivity contribution in [2.24, 2.45) is 11.8 Å². The van der Waals surface area contributed by atoms with Gasteiger partial charge < -0.3 is 9.47 Å². The van der Waals surface area contributed by atoms with Crippen LogP contribution in [0.1, 0.15) is 11.5 Å². The van der Waals surface area contributed by atoms with Gasteiger partial charge in [-0.05, 0) is 23.6 Å². The van der Waals surface area contributed by atoms with Crippen molar-refractivity contribution in [2.45, 2.75) is 25.6 Å². The predicted octanol–water partition coefficient (Wildman–Crippen LogP) is 3.63. The summed E-state index contributed by atoms with van der Waals surface area (Å²) < 4.78 is 10.1. The molecule has 0 saturated heterocycles. The molecule has 1 aromatic rings. The second kappa shape index (κ2) is 6.06. The SMILES string of the molecule is COC(=O)[C@H]1C(/C=C/[Si](C)(C)C)[C@@H]1c1ccc(OC)cc1. The molecule has 1 unspecified atom stereocenters. The number of carbonyl (C=O) groups is 1. The fourth-order valence-corrected chi connectivity index (χ4v) is 3.47. The van der Waals surface area contributed by atoms with E-state index in [1.165, 1.54) is 12.7 Å². The molecule has 21 heavy (non-hydrogen) atoms. The number of methoxy groups -OCH3 is 2. The first kappa shape index (κ1) is 15.8. The molecule has 3 nitrogen and oxygen atoms in total. The van der Waals surface area contributed by atoms with E-state index >= 15 is 0 Å². The Labute approximate surface area is 128 Å². The molecule has 0 aliphatic heterocycles. The summed E-state index contributed by atoms with van der Waals surface area (Å²) in [5.74, 6) is 1.17. The molecule has 1 saturated carbocycles. The van der Waals surface area contributed by atoms with Crippen LogP contribution >= 0.6 is 0 Å². The Hall–Kier alpha value is -1.55. The van der Waals surface area contributed by atoms with E-state index in [0.717, 1.165) is 5.75 Å². The summed E-state index contributed by atoms with van der Waals surface area (Å²) in [5, 5.41) is 0. The first-order chi connectivity index (χ1) is 9.87. The zero-order chi connectivity index (χ0) is 15.6. The summed E-state index contributed by atoms with van der Waals surface area (Å²) in [6.45, 7) is 6.88. The van der Waals surface area contributed by atoms with Gasteiger partial charge in [-0.25, -0.2) is 0 Å². The predicted molar refractivity (Wildman–Crippen MR) is 87.2 cm³/mol. The monoisotopic (exact) mass is 304 g/mol. The van der Waals surface area contributed by atoms with Crippen molar-refractivity contribution < 1.29 is 14.3 Å². The van der Waals surface area contributed by atoms with E-state index in [4.69, 9.17) is 9.47 Å². The Kier molecular flexibility index (Phi) is 4.57. The topological polar surface area (TPSA) is 35.5 Å². The highest BCUT2D eigenvalue weighted by molar-refractivity contribution is 6.80. The Balaban J connectivity index is 2.19. The minimum Gasteiger partial charge on any atom is -0.497 e. The van der Waals surface area contributed by atoms with Crippen molar-refractivity contribution in [3.63, 3.8) is 0 Å². The third-order valence-electron chi connectivity index (χ3n) is 3.87. The van der Waals surface area contributed by atoms with Gasteiger partial charge in [0, 0.05) is 5.92 Å². The van der Waals surface area contributed by atoms with E-state index in [1.54, 1.807) is 7.11 Å². The summed E-state index contributed by atoms with van der Waals surface area (Å²) in [5.41, 5.74) is 3.49. The molecule has 1 aliphatic carbocycles. The van der Waals surface area contributed by atoms with Crippen molar-refractivity contribution >= 4 is 14.0 Å². The maximum Gasteiger partial charge on any atom is 0.309 e. The molecule has 3 atom stereocenters. The van der Waals surface area contributed by atoms with E-state index < -0.39 is 8.07 Å². The molecule has 0 spiro atoms. The first-order valence-corrected chi connectivity index (χ1v) is 10.9. The molecule has 114 valence electrons. The van der Waals surface area contributed by atoms with Crippen LogP contribution in [0.5, 0.6) is 5.75 Å². The number of carbonyl (C=O) groups excluding carboxylic acids is 1. The van der Waals surface area contributed by atoms with Gasteiger partial charge in [0.2, 0.25) is 0 Å². The largest absolute Gasteiger partial charge is 0.497 e. The number of esters is 1. The van der Waals surface area contributed by atoms with Gasteiger partial charge >= 0.3 is 5.97 Å². The molecule has 1 fully saturated rings. The van der Waals surface area contributed by atoms with Crippen LogP contribution in [0.15, 0.2) is 36.0 Å². The highest BCUT2D eigenvalue weighted by Gasteiger charge is 2.54. The van der Waals surface area contributed by atoms with Gasteiger partial charge in [-0.1, -0.05) is 43.5 Å². The average molecular weight is 304 g/mol. The molecule has 2 rings (SSSR count). The molecular weight excluding hydrogens is 280 g/mol. The van der Waals surface area contributed by atoms with Gasteiger partial charge in [0.25, 0.3) is 0 Å². The lowest BCUT2D eigenvalue weighted by Gasteiger charge is -2.07. The van der Waals surface area contributed by atoms with Crippen LogP contribution in [0.3, 0.4) is 0 Å². The fourth-order valence-electron chi connectivity index (χ4n) is 2.67. The van der Waals surface area contributed by atoms with E-state index in [9.17, 15) is 4.79 Å². The molecule has 0 radical (unpaired) electrons. The zero-order valence-corrected chi connectivity index (χ0v) is 14.4. The Morgan fingerprint density at radius 2 is 1.76 bits per heavy atom. The second-order valence-electron chi connectivity index (χ2n) is 6.65. The molecular formula is C17H24O3Si. The maximum atomic E-state index is 11.9. The van der Waals surface area contributed by atoms with Gasteiger partial charge in [-0.2, -0.15) is 0 Å². The Morgan fingerprint density at radius 1 is 1.14 bits per heavy atom. The standard InChI is InChI=1S/C17H24O3Si/c1-19-13-8-6-12(7-9-13)15-14(10-11-21(3,4)5)16(15)17(18)20-2/h6-11,14-16H,1-5H3/b11-10+/t14?,15-,16-/m0/s1. The van der Waals surface area contributed by atoms with Crippen LogP contribution < -0.4 is 4.74 Å². The van der Waals surface area contributed by atoms with Crippen molar-refractivity contribution in [1.29, 1.82) is 0 Å². The van der Waals surface area contributed by atoms with Crippen LogP contribution in [0, 0.1) is 11.8 Å². The molecule has 1 aliphatic rings. The van der Waals surface area contributed by atoms with Crippen LogP contribution in [-0.2, 0) is 9.53 Å². The summed E-state index contributed by atoms with van der Waals surface area (Å²) in [4.78, 5) is 11.9. The third-order valence-corrected chi connectivity index (χ3v) is 5.06. The summed E-state index contributed by atoms with van der Waals surface area (Å²) in [6.07, 6.45) is 2.22. The van der Waals surface area contributed by atoms with E-state index in [-0.39, 0.29) is 23.7 Å². The van der Waals surface area contributed by atoms with Gasteiger partial charge in [-0.15, -0.1) is 0 Å². The number of hydrogen-bond acceptors (Lipinski definition) is 3. The molecule has 1 aromatic carbocycles. The van der Waals surface area contributed by atoms with Gasteiger partial charge in [0.05, 0.1) is 28.2 Å². The number of hydrogen-bond donors (Lipinski definition) is 0. The lowest BCUT2D eigenvalue weighted by atomic mass is 10.1. The summed E-state index contributed by atoms with van der Waals surface area (Å²) in [6, 6.07) is 7.98. The number of rotatable bonds is 5. The molecule has 0 amide bonds. The van der Waals surface area contributed by atoms with Crippen molar-refractivity contribution in [3.05, 3.63) is 41.6 Å². The Morgan fingerprint density at radius 3 is 2.24 bits per heavy atom. The van der Waals surface area contributed by atoms with Crippen LogP contribution in [0.4, 0.5) is 0 Å². The lowest BCUT2D eigenvalue weighted by molar-refractivity contribution is -0.142.